The van der Waals surface area contributed by atoms with Gasteiger partial charge < -0.3 is 20.0 Å². The van der Waals surface area contributed by atoms with Gasteiger partial charge in [0.1, 0.15) is 0 Å². The molecular formula is C25H20BrN3O3. The Morgan fingerprint density at radius 2 is 1.41 bits per heavy atom. The Balaban J connectivity index is 1.48. The van der Waals surface area contributed by atoms with E-state index in [1.807, 2.05) is 54.6 Å². The van der Waals surface area contributed by atoms with E-state index >= 15 is 0 Å². The average Bonchev–Trinajstić information content (AvgIpc) is 3.26. The molecule has 1 heterocycles. The van der Waals surface area contributed by atoms with Gasteiger partial charge in [-0.25, -0.2) is 0 Å². The number of amides is 2. The van der Waals surface area contributed by atoms with Gasteiger partial charge in [-0.05, 0) is 76.6 Å². The Labute approximate surface area is 194 Å². The molecule has 0 spiro atoms. The Morgan fingerprint density at radius 3 is 2.09 bits per heavy atom. The zero-order valence-corrected chi connectivity index (χ0v) is 18.8. The maximum atomic E-state index is 13.0. The van der Waals surface area contributed by atoms with Crippen LogP contribution < -0.4 is 15.5 Å². The van der Waals surface area contributed by atoms with Crippen LogP contribution in [0.4, 0.5) is 22.7 Å². The van der Waals surface area contributed by atoms with Gasteiger partial charge >= 0.3 is 0 Å². The molecule has 2 amide bonds. The third-order valence-electron chi connectivity index (χ3n) is 4.80. The van der Waals surface area contributed by atoms with Crippen molar-refractivity contribution >= 4 is 50.5 Å². The van der Waals surface area contributed by atoms with E-state index < -0.39 is 0 Å². The Hall–Kier alpha value is -3.84. The molecule has 0 saturated heterocycles. The van der Waals surface area contributed by atoms with Crippen molar-refractivity contribution in [2.45, 2.75) is 0 Å². The lowest BCUT2D eigenvalue weighted by Crippen LogP contribution is -2.28. The number of anilines is 4. The van der Waals surface area contributed by atoms with Crippen molar-refractivity contribution in [3.05, 3.63) is 107 Å². The lowest BCUT2D eigenvalue weighted by molar-refractivity contribution is 0.0965. The smallest absolute Gasteiger partial charge is 0.293 e. The van der Waals surface area contributed by atoms with Crippen LogP contribution in [0, 0.1) is 0 Å². The van der Waals surface area contributed by atoms with Gasteiger partial charge in [0.15, 0.2) is 10.4 Å². The number of para-hydroxylation sites is 2. The fraction of sp³-hybridized carbons (Fsp3) is 0.0400. The molecule has 6 nitrogen and oxygen atoms in total. The molecule has 0 aliphatic heterocycles. The topological polar surface area (TPSA) is 74.6 Å². The minimum absolute atomic E-state index is 0.177. The third-order valence-corrected chi connectivity index (χ3v) is 5.23. The van der Waals surface area contributed by atoms with E-state index in [4.69, 9.17) is 4.42 Å². The number of furan rings is 1. The van der Waals surface area contributed by atoms with Gasteiger partial charge in [-0.3, -0.25) is 9.59 Å². The van der Waals surface area contributed by atoms with Crippen LogP contribution in [-0.4, -0.2) is 18.9 Å². The summed E-state index contributed by atoms with van der Waals surface area (Å²) in [6.07, 6.45) is 0. The molecule has 0 saturated carbocycles. The van der Waals surface area contributed by atoms with Gasteiger partial charge in [-0.1, -0.05) is 30.3 Å². The van der Waals surface area contributed by atoms with Crippen molar-refractivity contribution in [1.29, 1.82) is 0 Å². The first-order chi connectivity index (χ1) is 15.5. The van der Waals surface area contributed by atoms with E-state index in [1.165, 1.54) is 4.90 Å². The van der Waals surface area contributed by atoms with Crippen molar-refractivity contribution in [3.8, 4) is 0 Å². The zero-order chi connectivity index (χ0) is 22.5. The molecule has 0 fully saturated rings. The van der Waals surface area contributed by atoms with E-state index in [0.29, 0.717) is 21.6 Å². The van der Waals surface area contributed by atoms with Gasteiger partial charge in [-0.2, -0.15) is 0 Å². The zero-order valence-electron chi connectivity index (χ0n) is 17.2. The highest BCUT2D eigenvalue weighted by molar-refractivity contribution is 9.10. The van der Waals surface area contributed by atoms with E-state index in [0.717, 1.165) is 11.4 Å². The average molecular weight is 490 g/mol. The predicted octanol–water partition coefficient (Wildman–Crippen LogP) is 6.31. The first kappa shape index (κ1) is 21.4. The van der Waals surface area contributed by atoms with Gasteiger partial charge in [0.05, 0.1) is 11.3 Å². The number of benzene rings is 3. The quantitative estimate of drug-likeness (QED) is 0.332. The van der Waals surface area contributed by atoms with Crippen LogP contribution in [0.1, 0.15) is 20.9 Å². The summed E-state index contributed by atoms with van der Waals surface area (Å²) < 4.78 is 5.82. The Morgan fingerprint density at radius 1 is 0.781 bits per heavy atom. The summed E-state index contributed by atoms with van der Waals surface area (Å²) in [5.74, 6) is -0.493. The monoisotopic (exact) mass is 489 g/mol. The number of hydrogen-bond acceptors (Lipinski definition) is 4. The highest BCUT2D eigenvalue weighted by atomic mass is 79.9. The maximum absolute atomic E-state index is 13.0. The van der Waals surface area contributed by atoms with Crippen LogP contribution >= 0.6 is 15.9 Å². The molecule has 4 aromatic rings. The fourth-order valence-corrected chi connectivity index (χ4v) is 3.49. The van der Waals surface area contributed by atoms with Crippen LogP contribution in [0.25, 0.3) is 0 Å². The maximum Gasteiger partial charge on any atom is 0.293 e. The fourth-order valence-electron chi connectivity index (χ4n) is 3.19. The largest absolute Gasteiger partial charge is 0.444 e. The number of nitrogens with one attached hydrogen (secondary N) is 2. The number of halogens is 1. The van der Waals surface area contributed by atoms with Crippen molar-refractivity contribution in [2.24, 2.45) is 0 Å². The molecule has 0 bridgehead atoms. The molecule has 32 heavy (non-hydrogen) atoms. The van der Waals surface area contributed by atoms with Gasteiger partial charge in [0.2, 0.25) is 0 Å². The van der Waals surface area contributed by atoms with Gasteiger partial charge in [0.25, 0.3) is 11.8 Å². The number of nitrogens with zero attached hydrogens (tertiary/aromatic N) is 1. The van der Waals surface area contributed by atoms with Crippen molar-refractivity contribution in [2.75, 3.05) is 22.6 Å². The normalized spacial score (nSPS) is 10.4. The molecule has 0 aliphatic carbocycles. The highest BCUT2D eigenvalue weighted by Gasteiger charge is 2.22. The first-order valence-corrected chi connectivity index (χ1v) is 10.7. The summed E-state index contributed by atoms with van der Waals surface area (Å²) >= 11 is 3.20. The van der Waals surface area contributed by atoms with Gasteiger partial charge in [-0.15, -0.1) is 0 Å². The molecule has 0 radical (unpaired) electrons. The van der Waals surface area contributed by atoms with E-state index in [1.54, 1.807) is 43.4 Å². The van der Waals surface area contributed by atoms with Crippen LogP contribution in [0.2, 0.25) is 0 Å². The number of rotatable bonds is 6. The number of hydrogen-bond donors (Lipinski definition) is 2. The Kier molecular flexibility index (Phi) is 6.37. The second-order valence-corrected chi connectivity index (χ2v) is 7.79. The Bertz CT molecular complexity index is 1240. The second kappa shape index (κ2) is 9.53. The van der Waals surface area contributed by atoms with Crippen LogP contribution in [-0.2, 0) is 0 Å². The molecule has 2 N–H and O–H groups in total. The van der Waals surface area contributed by atoms with Crippen LogP contribution in [0.5, 0.6) is 0 Å². The molecule has 1 aromatic heterocycles. The van der Waals surface area contributed by atoms with Crippen molar-refractivity contribution in [1.82, 2.24) is 0 Å². The molecular weight excluding hydrogens is 470 g/mol. The molecule has 7 heteroatoms. The molecule has 0 unspecified atom stereocenters. The standard InChI is InChI=1S/C25H20BrN3O3/c1-29(25(31)22-15-16-23(26)32-22)21-10-6-5-9-20(21)24(30)28-19-13-11-18(12-14-19)27-17-7-3-2-4-8-17/h2-16,27H,1H3,(H,28,30). The molecule has 160 valence electrons. The molecule has 0 atom stereocenters. The summed E-state index contributed by atoms with van der Waals surface area (Å²) in [6.45, 7) is 0. The van der Waals surface area contributed by atoms with Crippen LogP contribution in [0.15, 0.2) is 100 Å². The van der Waals surface area contributed by atoms with Crippen molar-refractivity contribution in [3.63, 3.8) is 0 Å². The highest BCUT2D eigenvalue weighted by Crippen LogP contribution is 2.25. The summed E-state index contributed by atoms with van der Waals surface area (Å²) in [5, 5.41) is 6.19. The van der Waals surface area contributed by atoms with Crippen LogP contribution in [0.3, 0.4) is 0 Å². The SMILES string of the molecule is CN(C(=O)c1ccc(Br)o1)c1ccccc1C(=O)Nc1ccc(Nc2ccccc2)cc1. The van der Waals surface area contributed by atoms with E-state index in [9.17, 15) is 9.59 Å². The molecule has 4 rings (SSSR count). The minimum Gasteiger partial charge on any atom is -0.444 e. The van der Waals surface area contributed by atoms with Crippen molar-refractivity contribution < 1.29 is 14.0 Å². The third kappa shape index (κ3) is 4.90. The lowest BCUT2D eigenvalue weighted by Gasteiger charge is -2.19. The summed E-state index contributed by atoms with van der Waals surface area (Å²) in [6, 6.07) is 27.4. The number of carbonyl (C=O) groups excluding carboxylic acids is 2. The lowest BCUT2D eigenvalue weighted by atomic mass is 10.1. The second-order valence-electron chi connectivity index (χ2n) is 7.01. The van der Waals surface area contributed by atoms with E-state index in [-0.39, 0.29) is 17.6 Å². The summed E-state index contributed by atoms with van der Waals surface area (Å²) in [7, 11) is 1.61. The number of carbonyl (C=O) groups is 2. The predicted molar refractivity (Wildman–Crippen MR) is 130 cm³/mol. The summed E-state index contributed by atoms with van der Waals surface area (Å²) in [4.78, 5) is 27.1. The molecule has 0 aliphatic rings. The van der Waals surface area contributed by atoms with E-state index in [2.05, 4.69) is 26.6 Å². The first-order valence-electron chi connectivity index (χ1n) is 9.87. The molecule has 3 aromatic carbocycles. The summed E-state index contributed by atoms with van der Waals surface area (Å²) in [5.41, 5.74) is 3.39. The van der Waals surface area contributed by atoms with Gasteiger partial charge in [0, 0.05) is 24.1 Å². The minimum atomic E-state index is -0.354.